The van der Waals surface area contributed by atoms with Crippen LogP contribution in [0, 0.1) is 6.92 Å². The van der Waals surface area contributed by atoms with Gasteiger partial charge in [-0.1, -0.05) is 5.16 Å². The number of nitrogens with zero attached hydrogens (tertiary/aromatic N) is 5. The highest BCUT2D eigenvalue weighted by Gasteiger charge is 2.28. The molecule has 1 unspecified atom stereocenters. The summed E-state index contributed by atoms with van der Waals surface area (Å²) in [6.07, 6.45) is 3.80. The number of imidazole rings is 1. The van der Waals surface area contributed by atoms with Crippen molar-refractivity contribution in [1.82, 2.24) is 19.7 Å². The number of aryl methyl sites for hydroxylation is 1. The fourth-order valence-electron chi connectivity index (χ4n) is 2.03. The van der Waals surface area contributed by atoms with Gasteiger partial charge in [-0.05, 0) is 13.8 Å². The van der Waals surface area contributed by atoms with Gasteiger partial charge >= 0.3 is 0 Å². The summed E-state index contributed by atoms with van der Waals surface area (Å²) in [5, 5.41) is 3.81. The Morgan fingerprint density at radius 1 is 1.44 bits per heavy atom. The molecule has 2 aromatic heterocycles. The average molecular weight is 219 g/mol. The molecule has 3 heterocycles. The highest BCUT2D eigenvalue weighted by molar-refractivity contribution is 5.37. The van der Waals surface area contributed by atoms with Crippen molar-refractivity contribution in [3.05, 3.63) is 24.1 Å². The van der Waals surface area contributed by atoms with Crippen LogP contribution in [0.3, 0.4) is 0 Å². The van der Waals surface area contributed by atoms with Crippen LogP contribution >= 0.6 is 0 Å². The molecule has 0 bridgehead atoms. The summed E-state index contributed by atoms with van der Waals surface area (Å²) in [6.45, 7) is 5.78. The van der Waals surface area contributed by atoms with Gasteiger partial charge in [0.1, 0.15) is 6.04 Å². The fourth-order valence-corrected chi connectivity index (χ4v) is 2.03. The maximum Gasteiger partial charge on any atom is 0.249 e. The van der Waals surface area contributed by atoms with Gasteiger partial charge < -0.3 is 14.0 Å². The average Bonchev–Trinajstić information content (AvgIpc) is 2.90. The SMILES string of the molecule is Cc1noc(C(C)N2CCn3ccnc32)n1. The molecule has 1 aliphatic heterocycles. The second-order valence-electron chi connectivity index (χ2n) is 3.97. The second-order valence-corrected chi connectivity index (χ2v) is 3.97. The van der Waals surface area contributed by atoms with Gasteiger partial charge in [0.2, 0.25) is 11.8 Å². The second kappa shape index (κ2) is 3.33. The monoisotopic (exact) mass is 219 g/mol. The summed E-state index contributed by atoms with van der Waals surface area (Å²) in [6, 6.07) is 0.0739. The van der Waals surface area contributed by atoms with Crippen molar-refractivity contribution in [1.29, 1.82) is 0 Å². The van der Waals surface area contributed by atoms with Crippen molar-refractivity contribution in [2.45, 2.75) is 26.4 Å². The Hall–Kier alpha value is -1.85. The van der Waals surface area contributed by atoms with E-state index in [1.54, 1.807) is 0 Å². The van der Waals surface area contributed by atoms with E-state index in [-0.39, 0.29) is 6.04 Å². The molecule has 16 heavy (non-hydrogen) atoms. The number of hydrogen-bond donors (Lipinski definition) is 0. The lowest BCUT2D eigenvalue weighted by Crippen LogP contribution is -2.25. The largest absolute Gasteiger partial charge is 0.337 e. The molecule has 0 aromatic carbocycles. The first-order valence-electron chi connectivity index (χ1n) is 5.33. The molecule has 1 atom stereocenters. The number of fused-ring (bicyclic) bond motifs is 1. The number of hydrogen-bond acceptors (Lipinski definition) is 5. The Kier molecular flexibility index (Phi) is 1.95. The Balaban J connectivity index is 1.90. The molecule has 0 amide bonds. The van der Waals surface area contributed by atoms with E-state index in [2.05, 4.69) is 31.5 Å². The van der Waals surface area contributed by atoms with Crippen LogP contribution in [-0.4, -0.2) is 26.2 Å². The zero-order valence-corrected chi connectivity index (χ0v) is 9.29. The molecule has 0 radical (unpaired) electrons. The van der Waals surface area contributed by atoms with E-state index < -0.39 is 0 Å². The molecule has 0 spiro atoms. The summed E-state index contributed by atoms with van der Waals surface area (Å²) >= 11 is 0. The molecule has 0 N–H and O–H groups in total. The van der Waals surface area contributed by atoms with Gasteiger partial charge in [0.05, 0.1) is 0 Å². The van der Waals surface area contributed by atoms with Crippen LogP contribution in [0.5, 0.6) is 0 Å². The van der Waals surface area contributed by atoms with Crippen LogP contribution in [0.1, 0.15) is 24.7 Å². The van der Waals surface area contributed by atoms with Crippen molar-refractivity contribution in [3.63, 3.8) is 0 Å². The first-order chi connectivity index (χ1) is 7.75. The lowest BCUT2D eigenvalue weighted by Gasteiger charge is -2.20. The van der Waals surface area contributed by atoms with E-state index in [0.717, 1.165) is 19.0 Å². The van der Waals surface area contributed by atoms with E-state index in [1.807, 2.05) is 19.3 Å². The van der Waals surface area contributed by atoms with Crippen molar-refractivity contribution in [3.8, 4) is 0 Å². The van der Waals surface area contributed by atoms with Gasteiger partial charge in [-0.2, -0.15) is 4.98 Å². The van der Waals surface area contributed by atoms with Crippen LogP contribution in [0.25, 0.3) is 0 Å². The molecule has 2 aromatic rings. The minimum Gasteiger partial charge on any atom is -0.337 e. The van der Waals surface area contributed by atoms with Gasteiger partial charge in [0.25, 0.3) is 0 Å². The van der Waals surface area contributed by atoms with Gasteiger partial charge in [0, 0.05) is 25.5 Å². The third-order valence-electron chi connectivity index (χ3n) is 2.90. The lowest BCUT2D eigenvalue weighted by atomic mass is 10.3. The molecular weight excluding hydrogens is 206 g/mol. The molecule has 0 saturated heterocycles. The van der Waals surface area contributed by atoms with Crippen LogP contribution in [0.2, 0.25) is 0 Å². The molecule has 0 fully saturated rings. The Bertz CT molecular complexity index is 503. The topological polar surface area (TPSA) is 60.0 Å². The van der Waals surface area contributed by atoms with Crippen LogP contribution < -0.4 is 4.90 Å². The first kappa shape index (κ1) is 9.38. The van der Waals surface area contributed by atoms with Crippen LogP contribution in [0.15, 0.2) is 16.9 Å². The maximum absolute atomic E-state index is 5.19. The summed E-state index contributed by atoms with van der Waals surface area (Å²) in [5.74, 6) is 2.29. The molecular formula is C10H13N5O. The van der Waals surface area contributed by atoms with Crippen LogP contribution in [0.4, 0.5) is 5.95 Å². The number of aromatic nitrogens is 4. The zero-order chi connectivity index (χ0) is 11.1. The lowest BCUT2D eigenvalue weighted by molar-refractivity contribution is 0.353. The van der Waals surface area contributed by atoms with E-state index in [0.29, 0.717) is 11.7 Å². The molecule has 6 nitrogen and oxygen atoms in total. The normalized spacial score (nSPS) is 16.5. The summed E-state index contributed by atoms with van der Waals surface area (Å²) in [7, 11) is 0. The standard InChI is InChI=1S/C10H13N5O/c1-7(9-12-8(2)13-16-9)15-6-5-14-4-3-11-10(14)15/h3-4,7H,5-6H2,1-2H3. The van der Waals surface area contributed by atoms with E-state index in [9.17, 15) is 0 Å². The maximum atomic E-state index is 5.19. The van der Waals surface area contributed by atoms with Gasteiger partial charge in [-0.15, -0.1) is 0 Å². The molecule has 1 aliphatic rings. The Morgan fingerprint density at radius 2 is 2.31 bits per heavy atom. The smallest absolute Gasteiger partial charge is 0.249 e. The van der Waals surface area contributed by atoms with Gasteiger partial charge in [-0.3, -0.25) is 0 Å². The minimum atomic E-state index is 0.0739. The third kappa shape index (κ3) is 1.30. The van der Waals surface area contributed by atoms with E-state index in [1.165, 1.54) is 0 Å². The van der Waals surface area contributed by atoms with Crippen LogP contribution in [-0.2, 0) is 6.54 Å². The first-order valence-corrected chi connectivity index (χ1v) is 5.33. The predicted molar refractivity (Wildman–Crippen MR) is 57.0 cm³/mol. The quantitative estimate of drug-likeness (QED) is 0.758. The van der Waals surface area contributed by atoms with Crippen molar-refractivity contribution < 1.29 is 4.52 Å². The highest BCUT2D eigenvalue weighted by atomic mass is 16.5. The third-order valence-corrected chi connectivity index (χ3v) is 2.90. The minimum absolute atomic E-state index is 0.0739. The molecule has 3 rings (SSSR count). The molecule has 0 aliphatic carbocycles. The summed E-state index contributed by atoms with van der Waals surface area (Å²) in [4.78, 5) is 10.8. The Labute approximate surface area is 92.9 Å². The fraction of sp³-hybridized carbons (Fsp3) is 0.500. The van der Waals surface area contributed by atoms with Gasteiger partial charge in [0.15, 0.2) is 5.82 Å². The van der Waals surface area contributed by atoms with Crippen molar-refractivity contribution >= 4 is 5.95 Å². The zero-order valence-electron chi connectivity index (χ0n) is 9.29. The summed E-state index contributed by atoms with van der Waals surface area (Å²) in [5.41, 5.74) is 0. The molecule has 84 valence electrons. The number of anilines is 1. The molecule has 6 heteroatoms. The van der Waals surface area contributed by atoms with E-state index in [4.69, 9.17) is 4.52 Å². The highest BCUT2D eigenvalue weighted by Crippen LogP contribution is 2.28. The van der Waals surface area contributed by atoms with E-state index >= 15 is 0 Å². The summed E-state index contributed by atoms with van der Waals surface area (Å²) < 4.78 is 7.31. The van der Waals surface area contributed by atoms with Crippen molar-refractivity contribution in [2.24, 2.45) is 0 Å². The van der Waals surface area contributed by atoms with Crippen molar-refractivity contribution in [2.75, 3.05) is 11.4 Å². The van der Waals surface area contributed by atoms with Gasteiger partial charge in [-0.25, -0.2) is 4.98 Å². The predicted octanol–water partition coefficient (Wildman–Crippen LogP) is 1.16. The number of rotatable bonds is 2. The Morgan fingerprint density at radius 3 is 3.06 bits per heavy atom. The molecule has 0 saturated carbocycles.